The van der Waals surface area contributed by atoms with Crippen molar-refractivity contribution in [3.63, 3.8) is 0 Å². The van der Waals surface area contributed by atoms with Crippen LogP contribution < -0.4 is 0 Å². The van der Waals surface area contributed by atoms with Gasteiger partial charge in [-0.2, -0.15) is 0 Å². The van der Waals surface area contributed by atoms with E-state index in [1.165, 1.54) is 23.8 Å². The smallest absolute Gasteiger partial charge is 0.134 e. The normalized spacial score (nSPS) is 19.4. The lowest BCUT2D eigenvalue weighted by atomic mass is 9.75. The lowest BCUT2D eigenvalue weighted by molar-refractivity contribution is 0.296. The van der Waals surface area contributed by atoms with Crippen LogP contribution in [0.15, 0.2) is 60.7 Å². The van der Waals surface area contributed by atoms with Crippen LogP contribution in [0.1, 0.15) is 80.9 Å². The highest BCUT2D eigenvalue weighted by Gasteiger charge is 2.26. The van der Waals surface area contributed by atoms with Crippen LogP contribution in [-0.2, 0) is 6.42 Å². The summed E-state index contributed by atoms with van der Waals surface area (Å²) >= 11 is 0. The van der Waals surface area contributed by atoms with Crippen molar-refractivity contribution < 1.29 is 13.2 Å². The molecule has 1 fully saturated rings. The third-order valence-electron chi connectivity index (χ3n) is 7.30. The molecule has 0 aliphatic heterocycles. The van der Waals surface area contributed by atoms with Crippen LogP contribution in [0.2, 0.25) is 0 Å². The molecule has 1 aliphatic carbocycles. The molecule has 4 rings (SSSR count). The molecule has 0 N–H and O–H groups in total. The van der Waals surface area contributed by atoms with E-state index in [1.54, 1.807) is 12.1 Å². The van der Waals surface area contributed by atoms with Gasteiger partial charge in [0.25, 0.3) is 0 Å². The molecule has 0 aromatic heterocycles. The fraction of sp³-hybridized carbons (Fsp3) is 0.400. The molecule has 0 bridgehead atoms. The number of hydrogen-bond donors (Lipinski definition) is 0. The Morgan fingerprint density at radius 3 is 2.09 bits per heavy atom. The number of halogens is 3. The molecule has 174 valence electrons. The molecule has 0 heterocycles. The second kappa shape index (κ2) is 10.6. The van der Waals surface area contributed by atoms with Crippen LogP contribution in [0.25, 0.3) is 11.1 Å². The summed E-state index contributed by atoms with van der Waals surface area (Å²) in [5.74, 6) is -0.267. The summed E-state index contributed by atoms with van der Waals surface area (Å²) in [5, 5.41) is 0. The molecule has 0 radical (unpaired) electrons. The summed E-state index contributed by atoms with van der Waals surface area (Å²) in [6, 6.07) is 18.0. The fourth-order valence-electron chi connectivity index (χ4n) is 5.43. The van der Waals surface area contributed by atoms with Gasteiger partial charge in [0.05, 0.1) is 5.56 Å². The van der Waals surface area contributed by atoms with Crippen molar-refractivity contribution in [2.75, 3.05) is 0 Å². The predicted molar refractivity (Wildman–Crippen MR) is 130 cm³/mol. The minimum absolute atomic E-state index is 0.133. The van der Waals surface area contributed by atoms with E-state index in [1.807, 2.05) is 13.0 Å². The maximum Gasteiger partial charge on any atom is 0.134 e. The SMILES string of the molecule is CCCc1ccc(-c2c(F)cc(C3CCC(C[C@@H](C)c4ccccc4)CC3)cc2F)cc1F. The molecule has 33 heavy (non-hydrogen) atoms. The zero-order valence-corrected chi connectivity index (χ0v) is 19.6. The van der Waals surface area contributed by atoms with Gasteiger partial charge in [0.2, 0.25) is 0 Å². The zero-order valence-electron chi connectivity index (χ0n) is 19.6. The summed E-state index contributed by atoms with van der Waals surface area (Å²) in [6.07, 6.45) is 6.64. The van der Waals surface area contributed by atoms with Crippen molar-refractivity contribution in [2.45, 2.75) is 70.6 Å². The second-order valence-corrected chi connectivity index (χ2v) is 9.68. The Labute approximate surface area is 195 Å². The van der Waals surface area contributed by atoms with Gasteiger partial charge in [-0.25, -0.2) is 13.2 Å². The molecule has 0 amide bonds. The number of rotatable bonds is 7. The van der Waals surface area contributed by atoms with E-state index in [0.717, 1.165) is 44.1 Å². The number of benzene rings is 3. The Balaban J connectivity index is 1.43. The standard InChI is InChI=1S/C30H33F3/c1-3-7-24-14-15-25(17-27(24)31)30-28(32)18-26(19-29(30)33)23-12-10-21(11-13-23)16-20(2)22-8-5-4-6-9-22/h4-6,8-9,14-15,17-21,23H,3,7,10-13,16H2,1-2H3/t20-,21?,23?/m1/s1. The summed E-state index contributed by atoms with van der Waals surface area (Å²) in [4.78, 5) is 0. The Kier molecular flexibility index (Phi) is 7.57. The Morgan fingerprint density at radius 2 is 1.48 bits per heavy atom. The third-order valence-corrected chi connectivity index (χ3v) is 7.30. The van der Waals surface area contributed by atoms with Gasteiger partial charge in [0.1, 0.15) is 17.5 Å². The maximum absolute atomic E-state index is 15.0. The van der Waals surface area contributed by atoms with Crippen molar-refractivity contribution in [2.24, 2.45) is 5.92 Å². The predicted octanol–water partition coefficient (Wildman–Crippen LogP) is 9.19. The summed E-state index contributed by atoms with van der Waals surface area (Å²) < 4.78 is 44.4. The van der Waals surface area contributed by atoms with E-state index in [4.69, 9.17) is 0 Å². The molecule has 0 saturated heterocycles. The van der Waals surface area contributed by atoms with Crippen molar-refractivity contribution in [3.8, 4) is 11.1 Å². The van der Waals surface area contributed by atoms with E-state index >= 15 is 8.78 Å². The molecule has 0 spiro atoms. The highest BCUT2D eigenvalue weighted by molar-refractivity contribution is 5.66. The summed E-state index contributed by atoms with van der Waals surface area (Å²) in [6.45, 7) is 4.26. The van der Waals surface area contributed by atoms with Gasteiger partial charge in [-0.15, -0.1) is 0 Å². The average molecular weight is 451 g/mol. The fourth-order valence-corrected chi connectivity index (χ4v) is 5.43. The van der Waals surface area contributed by atoms with Crippen LogP contribution in [0.5, 0.6) is 0 Å². The van der Waals surface area contributed by atoms with E-state index in [-0.39, 0.29) is 17.0 Å². The summed E-state index contributed by atoms with van der Waals surface area (Å²) in [7, 11) is 0. The minimum Gasteiger partial charge on any atom is -0.207 e. The topological polar surface area (TPSA) is 0 Å². The second-order valence-electron chi connectivity index (χ2n) is 9.68. The molecule has 3 heteroatoms. The number of aryl methyl sites for hydroxylation is 1. The molecular formula is C30H33F3. The number of hydrogen-bond acceptors (Lipinski definition) is 0. The monoisotopic (exact) mass is 450 g/mol. The first-order chi connectivity index (χ1) is 16.0. The lowest BCUT2D eigenvalue weighted by Gasteiger charge is -2.30. The Morgan fingerprint density at radius 1 is 0.818 bits per heavy atom. The van der Waals surface area contributed by atoms with Gasteiger partial charge in [-0.05, 0) is 96.7 Å². The minimum atomic E-state index is -0.604. The average Bonchev–Trinajstić information content (AvgIpc) is 2.81. The first-order valence-corrected chi connectivity index (χ1v) is 12.3. The molecule has 1 atom stereocenters. The van der Waals surface area contributed by atoms with Crippen molar-refractivity contribution in [1.29, 1.82) is 0 Å². The van der Waals surface area contributed by atoms with Crippen LogP contribution in [-0.4, -0.2) is 0 Å². The molecule has 0 unspecified atom stereocenters. The molecule has 3 aromatic rings. The van der Waals surface area contributed by atoms with Gasteiger partial charge in [0, 0.05) is 0 Å². The molecule has 3 aromatic carbocycles. The molecular weight excluding hydrogens is 417 g/mol. The quantitative estimate of drug-likeness (QED) is 0.336. The molecule has 0 nitrogen and oxygen atoms in total. The van der Waals surface area contributed by atoms with Gasteiger partial charge in [-0.1, -0.05) is 62.7 Å². The highest BCUT2D eigenvalue weighted by Crippen LogP contribution is 2.41. The van der Waals surface area contributed by atoms with E-state index in [2.05, 4.69) is 31.2 Å². The molecule has 1 saturated carbocycles. The van der Waals surface area contributed by atoms with Crippen LogP contribution in [0, 0.1) is 23.4 Å². The van der Waals surface area contributed by atoms with E-state index in [9.17, 15) is 4.39 Å². The van der Waals surface area contributed by atoms with Crippen LogP contribution >= 0.6 is 0 Å². The largest absolute Gasteiger partial charge is 0.207 e. The Hall–Kier alpha value is -2.55. The molecule has 1 aliphatic rings. The maximum atomic E-state index is 15.0. The van der Waals surface area contributed by atoms with Gasteiger partial charge < -0.3 is 0 Å². The first-order valence-electron chi connectivity index (χ1n) is 12.3. The van der Waals surface area contributed by atoms with Crippen molar-refractivity contribution in [1.82, 2.24) is 0 Å². The zero-order chi connectivity index (χ0) is 23.4. The van der Waals surface area contributed by atoms with Gasteiger partial charge >= 0.3 is 0 Å². The Bertz CT molecular complexity index is 1040. The van der Waals surface area contributed by atoms with Gasteiger partial charge in [0.15, 0.2) is 0 Å². The highest BCUT2D eigenvalue weighted by atomic mass is 19.1. The van der Waals surface area contributed by atoms with E-state index in [0.29, 0.717) is 23.8 Å². The van der Waals surface area contributed by atoms with Crippen LogP contribution in [0.3, 0.4) is 0 Å². The van der Waals surface area contributed by atoms with Crippen molar-refractivity contribution in [3.05, 3.63) is 94.8 Å². The first kappa shape index (κ1) is 23.6. The van der Waals surface area contributed by atoms with Crippen LogP contribution in [0.4, 0.5) is 13.2 Å². The van der Waals surface area contributed by atoms with Gasteiger partial charge in [-0.3, -0.25) is 0 Å². The van der Waals surface area contributed by atoms with Crippen molar-refractivity contribution >= 4 is 0 Å². The lowest BCUT2D eigenvalue weighted by Crippen LogP contribution is -2.15. The summed E-state index contributed by atoms with van der Waals surface area (Å²) in [5.41, 5.74) is 2.81. The van der Waals surface area contributed by atoms with E-state index < -0.39 is 17.5 Å². The third kappa shape index (κ3) is 5.51.